The number of nitrogens with one attached hydrogen (secondary N) is 1. The molecule has 174 valence electrons. The number of carbonyl (C=O) groups is 2. The minimum atomic E-state index is -0.135. The van der Waals surface area contributed by atoms with Crippen LogP contribution in [0.1, 0.15) is 70.7 Å². The number of imide groups is 1. The average Bonchev–Trinajstić information content (AvgIpc) is 3.37. The van der Waals surface area contributed by atoms with Crippen molar-refractivity contribution in [2.75, 3.05) is 26.2 Å². The van der Waals surface area contributed by atoms with E-state index in [1.807, 2.05) is 12.1 Å². The molecule has 1 fully saturated rings. The van der Waals surface area contributed by atoms with E-state index >= 15 is 0 Å². The summed E-state index contributed by atoms with van der Waals surface area (Å²) in [6.45, 7) is 4.01. The Morgan fingerprint density at radius 2 is 1.39 bits per heavy atom. The van der Waals surface area contributed by atoms with Crippen LogP contribution in [0.3, 0.4) is 0 Å². The van der Waals surface area contributed by atoms with Crippen molar-refractivity contribution in [3.63, 3.8) is 0 Å². The van der Waals surface area contributed by atoms with Crippen molar-refractivity contribution in [2.24, 2.45) is 0 Å². The molecule has 0 radical (unpaired) electrons. The number of hydrogen-bond donors (Lipinski definition) is 1. The predicted molar refractivity (Wildman–Crippen MR) is 134 cm³/mol. The number of para-hydroxylation sites is 1. The van der Waals surface area contributed by atoms with Gasteiger partial charge in [-0.2, -0.15) is 0 Å². The zero-order chi connectivity index (χ0) is 21.9. The summed E-state index contributed by atoms with van der Waals surface area (Å²) < 4.78 is 0. The summed E-state index contributed by atoms with van der Waals surface area (Å²) in [6, 6.07) is 15.7. The lowest BCUT2D eigenvalue weighted by molar-refractivity contribution is 0.0651. The molecule has 2 aliphatic rings. The maximum Gasteiger partial charge on any atom is 0.261 e. The quantitative estimate of drug-likeness (QED) is 0.346. The van der Waals surface area contributed by atoms with E-state index in [-0.39, 0.29) is 24.2 Å². The highest BCUT2D eigenvalue weighted by Gasteiger charge is 2.34. The first-order chi connectivity index (χ1) is 15.7. The fourth-order valence-electron chi connectivity index (χ4n) is 5.30. The Kier molecular flexibility index (Phi) is 7.51. The van der Waals surface area contributed by atoms with E-state index in [0.29, 0.717) is 23.6 Å². The Labute approximate surface area is 201 Å². The highest BCUT2D eigenvalue weighted by molar-refractivity contribution is 6.21. The summed E-state index contributed by atoms with van der Waals surface area (Å²) >= 11 is 0. The van der Waals surface area contributed by atoms with Crippen LogP contribution in [0, 0.1) is 0 Å². The molecule has 5 rings (SSSR count). The van der Waals surface area contributed by atoms with Gasteiger partial charge in [-0.3, -0.25) is 14.5 Å². The Hall–Kier alpha value is -2.63. The van der Waals surface area contributed by atoms with Gasteiger partial charge in [0.15, 0.2) is 0 Å². The number of benzene rings is 2. The van der Waals surface area contributed by atoms with E-state index in [1.165, 1.54) is 53.7 Å². The number of carbonyl (C=O) groups excluding carboxylic acids is 2. The van der Waals surface area contributed by atoms with Gasteiger partial charge in [0.2, 0.25) is 0 Å². The number of aromatic amines is 1. The zero-order valence-electron chi connectivity index (χ0n) is 19.0. The van der Waals surface area contributed by atoms with Crippen LogP contribution in [-0.2, 0) is 0 Å². The van der Waals surface area contributed by atoms with Crippen molar-refractivity contribution < 1.29 is 9.59 Å². The molecule has 0 unspecified atom stereocenters. The summed E-state index contributed by atoms with van der Waals surface area (Å²) in [5, 5.41) is 1.38. The van der Waals surface area contributed by atoms with E-state index in [9.17, 15) is 9.59 Å². The minimum absolute atomic E-state index is 0. The molecule has 1 aromatic heterocycles. The molecule has 1 N–H and O–H groups in total. The number of rotatable bonds is 8. The van der Waals surface area contributed by atoms with Crippen LogP contribution in [0.4, 0.5) is 0 Å². The third kappa shape index (κ3) is 4.85. The number of likely N-dealkylation sites (tertiary alicyclic amines) is 1. The summed E-state index contributed by atoms with van der Waals surface area (Å²) in [4.78, 5) is 32.3. The number of piperidine rings is 1. The normalized spacial score (nSPS) is 16.9. The molecule has 2 aliphatic heterocycles. The fourth-order valence-corrected chi connectivity index (χ4v) is 5.30. The molecule has 1 saturated heterocycles. The van der Waals surface area contributed by atoms with Crippen molar-refractivity contribution in [3.8, 4) is 0 Å². The van der Waals surface area contributed by atoms with Gasteiger partial charge in [-0.05, 0) is 75.0 Å². The second-order valence-corrected chi connectivity index (χ2v) is 9.13. The van der Waals surface area contributed by atoms with Gasteiger partial charge in [-0.25, -0.2) is 0 Å². The van der Waals surface area contributed by atoms with Crippen LogP contribution in [0.2, 0.25) is 0 Å². The molecule has 0 aliphatic carbocycles. The van der Waals surface area contributed by atoms with Gasteiger partial charge in [0, 0.05) is 23.6 Å². The lowest BCUT2D eigenvalue weighted by Crippen LogP contribution is -2.33. The number of aromatic nitrogens is 1. The van der Waals surface area contributed by atoms with Crippen molar-refractivity contribution in [2.45, 2.75) is 44.4 Å². The molecule has 0 bridgehead atoms. The number of nitrogens with zero attached hydrogens (tertiary/aromatic N) is 2. The topological polar surface area (TPSA) is 56.4 Å². The number of halogens is 1. The highest BCUT2D eigenvalue weighted by atomic mass is 35.5. The molecule has 0 atom stereocenters. The molecule has 2 amide bonds. The summed E-state index contributed by atoms with van der Waals surface area (Å²) in [7, 11) is 0. The third-order valence-electron chi connectivity index (χ3n) is 7.13. The van der Waals surface area contributed by atoms with E-state index in [2.05, 4.69) is 40.3 Å². The van der Waals surface area contributed by atoms with Gasteiger partial charge in [0.25, 0.3) is 11.8 Å². The lowest BCUT2D eigenvalue weighted by atomic mass is 9.89. The second kappa shape index (κ2) is 10.5. The van der Waals surface area contributed by atoms with Crippen molar-refractivity contribution in [1.82, 2.24) is 14.8 Å². The van der Waals surface area contributed by atoms with Crippen LogP contribution < -0.4 is 0 Å². The van der Waals surface area contributed by atoms with Crippen LogP contribution in [0.25, 0.3) is 10.9 Å². The first kappa shape index (κ1) is 23.5. The van der Waals surface area contributed by atoms with Gasteiger partial charge >= 0.3 is 0 Å². The molecule has 2 aromatic carbocycles. The maximum absolute atomic E-state index is 12.4. The molecule has 0 spiro atoms. The van der Waals surface area contributed by atoms with Gasteiger partial charge in [0.05, 0.1) is 11.1 Å². The number of fused-ring (bicyclic) bond motifs is 2. The van der Waals surface area contributed by atoms with Crippen LogP contribution in [0.15, 0.2) is 54.7 Å². The van der Waals surface area contributed by atoms with E-state index in [1.54, 1.807) is 12.1 Å². The van der Waals surface area contributed by atoms with Crippen molar-refractivity contribution in [1.29, 1.82) is 0 Å². The second-order valence-electron chi connectivity index (χ2n) is 9.13. The monoisotopic (exact) mass is 465 g/mol. The molecule has 0 saturated carbocycles. The molecule has 6 heteroatoms. The molecule has 3 aromatic rings. The van der Waals surface area contributed by atoms with E-state index < -0.39 is 0 Å². The average molecular weight is 466 g/mol. The Morgan fingerprint density at radius 1 is 0.788 bits per heavy atom. The van der Waals surface area contributed by atoms with Crippen molar-refractivity contribution in [3.05, 3.63) is 71.4 Å². The largest absolute Gasteiger partial charge is 0.361 e. The maximum atomic E-state index is 12.4. The fraction of sp³-hybridized carbons (Fsp3) is 0.407. The standard InChI is InChI=1S/C27H31N3O2.ClH/c31-26-22-10-3-4-11-23(22)27(32)30(26)16-8-2-1-7-15-29-17-13-20(14-18-29)24-19-28-25-12-6-5-9-21(24)25;/h3-6,9-12,19-20,28H,1-2,7-8,13-18H2;1H. The summed E-state index contributed by atoms with van der Waals surface area (Å²) in [5.74, 6) is 0.384. The zero-order valence-corrected chi connectivity index (χ0v) is 19.8. The van der Waals surface area contributed by atoms with Gasteiger partial charge in [-0.1, -0.05) is 43.2 Å². The molecule has 3 heterocycles. The summed E-state index contributed by atoms with van der Waals surface area (Å²) in [6.07, 6.45) is 8.92. The van der Waals surface area contributed by atoms with Gasteiger partial charge in [-0.15, -0.1) is 12.4 Å². The first-order valence-electron chi connectivity index (χ1n) is 12.0. The first-order valence-corrected chi connectivity index (χ1v) is 12.0. The Morgan fingerprint density at radius 3 is 2.09 bits per heavy atom. The molecular weight excluding hydrogens is 434 g/mol. The van der Waals surface area contributed by atoms with E-state index in [4.69, 9.17) is 0 Å². The highest BCUT2D eigenvalue weighted by Crippen LogP contribution is 2.33. The van der Waals surface area contributed by atoms with Crippen LogP contribution in [0.5, 0.6) is 0 Å². The van der Waals surface area contributed by atoms with Crippen molar-refractivity contribution >= 4 is 35.1 Å². The van der Waals surface area contributed by atoms with Gasteiger partial charge < -0.3 is 9.88 Å². The van der Waals surface area contributed by atoms with Gasteiger partial charge in [0.1, 0.15) is 0 Å². The molecule has 5 nitrogen and oxygen atoms in total. The van der Waals surface area contributed by atoms with E-state index in [0.717, 1.165) is 25.8 Å². The SMILES string of the molecule is Cl.O=C1c2ccccc2C(=O)N1CCCCCCN1CCC(c2c[nH]c3ccccc23)CC1. The number of hydrogen-bond acceptors (Lipinski definition) is 3. The molecular formula is C27H32ClN3O2. The Bertz CT molecular complexity index is 1080. The smallest absolute Gasteiger partial charge is 0.261 e. The predicted octanol–water partition coefficient (Wildman–Crippen LogP) is 5.63. The number of unbranched alkanes of at least 4 members (excludes halogenated alkanes) is 3. The van der Waals surface area contributed by atoms with Crippen LogP contribution >= 0.6 is 12.4 Å². The Balaban J connectivity index is 0.00000259. The minimum Gasteiger partial charge on any atom is -0.361 e. The third-order valence-corrected chi connectivity index (χ3v) is 7.13. The molecule has 33 heavy (non-hydrogen) atoms. The number of H-pyrrole nitrogens is 1. The lowest BCUT2D eigenvalue weighted by Gasteiger charge is -2.32. The number of amides is 2. The summed E-state index contributed by atoms with van der Waals surface area (Å²) in [5.41, 5.74) is 3.82. The van der Waals surface area contributed by atoms with Crippen LogP contribution in [-0.4, -0.2) is 52.8 Å².